The van der Waals surface area contributed by atoms with E-state index in [-0.39, 0.29) is 5.91 Å². The first-order valence-electron chi connectivity index (χ1n) is 7.23. The van der Waals surface area contributed by atoms with E-state index in [0.29, 0.717) is 22.9 Å². The SMILES string of the molecule is Cc1cccc(Cn2nc(C)cc2NC(=O)c2snnc2C)c1. The zero-order chi connectivity index (χ0) is 16.4. The monoisotopic (exact) mass is 327 g/mol. The molecule has 0 atom stereocenters. The minimum atomic E-state index is -0.206. The van der Waals surface area contributed by atoms with Crippen LogP contribution in [0, 0.1) is 20.8 Å². The summed E-state index contributed by atoms with van der Waals surface area (Å²) in [7, 11) is 0. The van der Waals surface area contributed by atoms with E-state index in [2.05, 4.69) is 39.1 Å². The molecule has 0 aliphatic heterocycles. The molecule has 3 rings (SSSR count). The summed E-state index contributed by atoms with van der Waals surface area (Å²) in [6.07, 6.45) is 0. The van der Waals surface area contributed by atoms with Crippen LogP contribution >= 0.6 is 11.5 Å². The Balaban J connectivity index is 1.83. The van der Waals surface area contributed by atoms with Gasteiger partial charge < -0.3 is 5.32 Å². The molecule has 2 heterocycles. The Morgan fingerprint density at radius 2 is 2.09 bits per heavy atom. The van der Waals surface area contributed by atoms with Crippen LogP contribution in [-0.2, 0) is 6.54 Å². The van der Waals surface area contributed by atoms with Crippen molar-refractivity contribution in [2.45, 2.75) is 27.3 Å². The lowest BCUT2D eigenvalue weighted by Gasteiger charge is -2.09. The number of aromatic nitrogens is 4. The van der Waals surface area contributed by atoms with Crippen LogP contribution in [0.25, 0.3) is 0 Å². The minimum absolute atomic E-state index is 0.206. The highest BCUT2D eigenvalue weighted by atomic mass is 32.1. The van der Waals surface area contributed by atoms with Gasteiger partial charge in [0.15, 0.2) is 0 Å². The molecule has 7 heteroatoms. The number of carbonyl (C=O) groups excluding carboxylic acids is 1. The molecule has 2 aromatic heterocycles. The van der Waals surface area contributed by atoms with Crippen molar-refractivity contribution in [2.75, 3.05) is 5.32 Å². The molecule has 3 aromatic rings. The van der Waals surface area contributed by atoms with Gasteiger partial charge >= 0.3 is 0 Å². The molecule has 6 nitrogen and oxygen atoms in total. The van der Waals surface area contributed by atoms with Crippen molar-refractivity contribution >= 4 is 23.3 Å². The van der Waals surface area contributed by atoms with Gasteiger partial charge in [-0.1, -0.05) is 34.3 Å². The number of amides is 1. The fourth-order valence-corrected chi connectivity index (χ4v) is 2.91. The van der Waals surface area contributed by atoms with Crippen molar-refractivity contribution < 1.29 is 4.79 Å². The molecule has 1 amide bonds. The topological polar surface area (TPSA) is 72.7 Å². The van der Waals surface area contributed by atoms with E-state index >= 15 is 0 Å². The minimum Gasteiger partial charge on any atom is -0.306 e. The molecule has 0 fully saturated rings. The van der Waals surface area contributed by atoms with Gasteiger partial charge in [0, 0.05) is 6.07 Å². The number of nitrogens with one attached hydrogen (secondary N) is 1. The summed E-state index contributed by atoms with van der Waals surface area (Å²) in [6.45, 7) is 6.33. The molecule has 118 valence electrons. The maximum Gasteiger partial charge on any atom is 0.270 e. The summed E-state index contributed by atoms with van der Waals surface area (Å²) in [5, 5.41) is 11.2. The standard InChI is InChI=1S/C16H17N5OS/c1-10-5-4-6-13(7-10)9-21-14(8-11(2)19-21)17-16(22)15-12(3)18-20-23-15/h4-8H,9H2,1-3H3,(H,17,22). The largest absolute Gasteiger partial charge is 0.306 e. The van der Waals surface area contributed by atoms with Gasteiger partial charge in [-0.05, 0) is 37.9 Å². The first kappa shape index (κ1) is 15.4. The van der Waals surface area contributed by atoms with Crippen LogP contribution in [0.3, 0.4) is 0 Å². The van der Waals surface area contributed by atoms with Crippen molar-refractivity contribution in [1.29, 1.82) is 0 Å². The van der Waals surface area contributed by atoms with Crippen LogP contribution in [0.1, 0.15) is 32.2 Å². The number of carbonyl (C=O) groups is 1. The van der Waals surface area contributed by atoms with Gasteiger partial charge in [-0.3, -0.25) is 4.79 Å². The van der Waals surface area contributed by atoms with Gasteiger partial charge in [0.1, 0.15) is 10.7 Å². The third-order valence-electron chi connectivity index (χ3n) is 3.42. The van der Waals surface area contributed by atoms with E-state index in [1.54, 1.807) is 11.6 Å². The molecular weight excluding hydrogens is 310 g/mol. The highest BCUT2D eigenvalue weighted by molar-refractivity contribution is 7.08. The maximum absolute atomic E-state index is 12.3. The van der Waals surface area contributed by atoms with Crippen LogP contribution in [-0.4, -0.2) is 25.3 Å². The molecular formula is C16H17N5OS. The van der Waals surface area contributed by atoms with Crippen LogP contribution in [0.5, 0.6) is 0 Å². The lowest BCUT2D eigenvalue weighted by molar-refractivity contribution is 0.102. The number of aryl methyl sites for hydroxylation is 3. The van der Waals surface area contributed by atoms with Crippen molar-refractivity contribution in [1.82, 2.24) is 19.4 Å². The molecule has 1 N–H and O–H groups in total. The van der Waals surface area contributed by atoms with Gasteiger partial charge in [-0.2, -0.15) is 5.10 Å². The number of rotatable bonds is 4. The molecule has 23 heavy (non-hydrogen) atoms. The van der Waals surface area contributed by atoms with Crippen LogP contribution in [0.15, 0.2) is 30.3 Å². The molecule has 0 spiro atoms. The van der Waals surface area contributed by atoms with Crippen LogP contribution < -0.4 is 5.32 Å². The second-order valence-electron chi connectivity index (χ2n) is 5.46. The van der Waals surface area contributed by atoms with Crippen molar-refractivity contribution in [3.05, 3.63) is 57.7 Å². The highest BCUT2D eigenvalue weighted by Gasteiger charge is 2.16. The average Bonchev–Trinajstić information content (AvgIpc) is 3.05. The van der Waals surface area contributed by atoms with E-state index in [0.717, 1.165) is 22.8 Å². The van der Waals surface area contributed by atoms with E-state index < -0.39 is 0 Å². The fraction of sp³-hybridized carbons (Fsp3) is 0.250. The number of benzene rings is 1. The fourth-order valence-electron chi connectivity index (χ4n) is 2.36. The van der Waals surface area contributed by atoms with Gasteiger partial charge in [0.2, 0.25) is 0 Å². The highest BCUT2D eigenvalue weighted by Crippen LogP contribution is 2.17. The normalized spacial score (nSPS) is 10.7. The molecule has 0 unspecified atom stereocenters. The number of nitrogens with zero attached hydrogens (tertiary/aromatic N) is 4. The summed E-state index contributed by atoms with van der Waals surface area (Å²) in [5.41, 5.74) is 3.82. The number of anilines is 1. The van der Waals surface area contributed by atoms with Crippen LogP contribution in [0.2, 0.25) is 0 Å². The van der Waals surface area contributed by atoms with Crippen molar-refractivity contribution in [3.63, 3.8) is 0 Å². The Hall–Kier alpha value is -2.54. The summed E-state index contributed by atoms with van der Waals surface area (Å²) < 4.78 is 5.60. The lowest BCUT2D eigenvalue weighted by Crippen LogP contribution is -2.16. The Morgan fingerprint density at radius 1 is 1.26 bits per heavy atom. The lowest BCUT2D eigenvalue weighted by atomic mass is 10.1. The van der Waals surface area contributed by atoms with E-state index in [1.807, 2.05) is 25.1 Å². The second-order valence-corrected chi connectivity index (χ2v) is 6.21. The third-order valence-corrected chi connectivity index (χ3v) is 4.24. The van der Waals surface area contributed by atoms with Crippen molar-refractivity contribution in [3.8, 4) is 0 Å². The van der Waals surface area contributed by atoms with Gasteiger partial charge in [0.05, 0.1) is 17.9 Å². The Morgan fingerprint density at radius 3 is 2.78 bits per heavy atom. The molecule has 1 aromatic carbocycles. The Kier molecular flexibility index (Phi) is 4.20. The predicted molar refractivity (Wildman–Crippen MR) is 89.8 cm³/mol. The van der Waals surface area contributed by atoms with Gasteiger partial charge in [0.25, 0.3) is 5.91 Å². The zero-order valence-corrected chi connectivity index (χ0v) is 14.0. The summed E-state index contributed by atoms with van der Waals surface area (Å²) in [6, 6.07) is 10.1. The quantitative estimate of drug-likeness (QED) is 0.799. The molecule has 0 bridgehead atoms. The Bertz CT molecular complexity index is 852. The second kappa shape index (κ2) is 6.29. The summed E-state index contributed by atoms with van der Waals surface area (Å²) in [4.78, 5) is 12.9. The third kappa shape index (κ3) is 3.45. The van der Waals surface area contributed by atoms with Gasteiger partial charge in [-0.25, -0.2) is 4.68 Å². The number of hydrogen-bond donors (Lipinski definition) is 1. The summed E-state index contributed by atoms with van der Waals surface area (Å²) in [5.74, 6) is 0.463. The van der Waals surface area contributed by atoms with E-state index in [9.17, 15) is 4.79 Å². The first-order valence-corrected chi connectivity index (χ1v) is 8.00. The Labute approximate surface area is 138 Å². The molecule has 0 aliphatic carbocycles. The molecule has 0 saturated heterocycles. The molecule has 0 aliphatic rings. The average molecular weight is 327 g/mol. The van der Waals surface area contributed by atoms with E-state index in [4.69, 9.17) is 0 Å². The van der Waals surface area contributed by atoms with E-state index in [1.165, 1.54) is 5.56 Å². The first-order chi connectivity index (χ1) is 11.0. The van der Waals surface area contributed by atoms with Crippen molar-refractivity contribution in [2.24, 2.45) is 0 Å². The number of hydrogen-bond acceptors (Lipinski definition) is 5. The molecule has 0 saturated carbocycles. The smallest absolute Gasteiger partial charge is 0.270 e. The summed E-state index contributed by atoms with van der Waals surface area (Å²) >= 11 is 1.09. The zero-order valence-electron chi connectivity index (χ0n) is 13.2. The van der Waals surface area contributed by atoms with Gasteiger partial charge in [-0.15, -0.1) is 5.10 Å². The predicted octanol–water partition coefficient (Wildman–Crippen LogP) is 2.96. The van der Waals surface area contributed by atoms with Crippen LogP contribution in [0.4, 0.5) is 5.82 Å². The maximum atomic E-state index is 12.3. The molecule has 0 radical (unpaired) electrons.